The number of hydrogen-bond acceptors (Lipinski definition) is 3. The van der Waals surface area contributed by atoms with Crippen molar-refractivity contribution in [1.29, 1.82) is 0 Å². The van der Waals surface area contributed by atoms with Gasteiger partial charge in [0.1, 0.15) is 11.4 Å². The lowest BCUT2D eigenvalue weighted by atomic mass is 9.53. The van der Waals surface area contributed by atoms with Gasteiger partial charge in [-0.05, 0) is 31.2 Å². The van der Waals surface area contributed by atoms with Crippen molar-refractivity contribution in [3.05, 3.63) is 35.9 Å². The SMILES string of the molecule is CC1C(=O)[C@@H]2CC[C@H](O)[C@@H](C#C[C@@](C)(O)Cc3ccccc3)[C@H]12. The largest absolute Gasteiger partial charge is 0.392 e. The maximum absolute atomic E-state index is 11.9. The molecule has 2 aliphatic rings. The van der Waals surface area contributed by atoms with Crippen LogP contribution in [0.1, 0.15) is 32.3 Å². The second-order valence-electron chi connectivity index (χ2n) is 7.25. The van der Waals surface area contributed by atoms with Gasteiger partial charge >= 0.3 is 0 Å². The summed E-state index contributed by atoms with van der Waals surface area (Å²) in [4.78, 5) is 11.9. The van der Waals surface area contributed by atoms with Crippen LogP contribution >= 0.6 is 0 Å². The van der Waals surface area contributed by atoms with E-state index >= 15 is 0 Å². The number of aliphatic hydroxyl groups excluding tert-OH is 1. The van der Waals surface area contributed by atoms with Crippen molar-refractivity contribution in [2.45, 2.75) is 44.8 Å². The molecule has 3 rings (SSSR count). The molecule has 2 saturated carbocycles. The summed E-state index contributed by atoms with van der Waals surface area (Å²) in [6.45, 7) is 3.63. The van der Waals surface area contributed by atoms with E-state index in [2.05, 4.69) is 11.8 Å². The molecule has 1 aromatic carbocycles. The van der Waals surface area contributed by atoms with Gasteiger partial charge in [0.05, 0.1) is 12.0 Å². The van der Waals surface area contributed by atoms with Crippen LogP contribution in [0.15, 0.2) is 30.3 Å². The first-order valence-corrected chi connectivity index (χ1v) is 8.40. The van der Waals surface area contributed by atoms with Crippen LogP contribution in [0.25, 0.3) is 0 Å². The third-order valence-corrected chi connectivity index (χ3v) is 5.36. The van der Waals surface area contributed by atoms with Gasteiger partial charge in [0.25, 0.3) is 0 Å². The van der Waals surface area contributed by atoms with Gasteiger partial charge in [-0.1, -0.05) is 49.1 Å². The number of hydrogen-bond donors (Lipinski definition) is 2. The van der Waals surface area contributed by atoms with Crippen LogP contribution in [0.2, 0.25) is 0 Å². The van der Waals surface area contributed by atoms with Crippen LogP contribution in [-0.4, -0.2) is 27.7 Å². The minimum Gasteiger partial charge on any atom is -0.392 e. The molecule has 3 heteroatoms. The van der Waals surface area contributed by atoms with Crippen molar-refractivity contribution in [3.63, 3.8) is 0 Å². The van der Waals surface area contributed by atoms with Crippen molar-refractivity contribution >= 4 is 5.78 Å². The molecule has 2 N–H and O–H groups in total. The summed E-state index contributed by atoms with van der Waals surface area (Å²) in [5.41, 5.74) is -0.105. The van der Waals surface area contributed by atoms with Gasteiger partial charge in [-0.15, -0.1) is 0 Å². The van der Waals surface area contributed by atoms with E-state index in [0.717, 1.165) is 12.0 Å². The zero-order valence-electron chi connectivity index (χ0n) is 13.7. The summed E-state index contributed by atoms with van der Waals surface area (Å²) in [6.07, 6.45) is 1.35. The van der Waals surface area contributed by atoms with Gasteiger partial charge in [-0.2, -0.15) is 0 Å². The summed E-state index contributed by atoms with van der Waals surface area (Å²) in [6, 6.07) is 9.76. The number of carbonyl (C=O) groups is 1. The predicted molar refractivity (Wildman–Crippen MR) is 88.4 cm³/mol. The Bertz CT molecular complexity index is 638. The minimum atomic E-state index is -1.13. The van der Waals surface area contributed by atoms with Crippen LogP contribution in [0.3, 0.4) is 0 Å². The number of rotatable bonds is 2. The monoisotopic (exact) mass is 312 g/mol. The Hall–Kier alpha value is -1.63. The van der Waals surface area contributed by atoms with Crippen LogP contribution < -0.4 is 0 Å². The molecule has 0 saturated heterocycles. The van der Waals surface area contributed by atoms with E-state index in [4.69, 9.17) is 0 Å². The lowest BCUT2D eigenvalue weighted by Gasteiger charge is -2.49. The second kappa shape index (κ2) is 6.11. The molecule has 3 nitrogen and oxygen atoms in total. The Morgan fingerprint density at radius 1 is 1.26 bits per heavy atom. The molecule has 0 heterocycles. The summed E-state index contributed by atoms with van der Waals surface area (Å²) >= 11 is 0. The number of ketones is 1. The molecule has 2 fully saturated rings. The maximum atomic E-state index is 11.9. The fourth-order valence-electron chi connectivity index (χ4n) is 4.10. The number of benzene rings is 1. The standard InChI is InChI=1S/C20H24O3/c1-13-18-15(17(21)9-8-16(18)19(13)22)10-11-20(2,23)12-14-6-4-3-5-7-14/h3-7,13,15-18,21,23H,8-9,12H2,1-2H3/t13?,15-,16-,17+,18+,20-/m1/s1. The fraction of sp³-hybridized carbons (Fsp3) is 0.550. The highest BCUT2D eigenvalue weighted by molar-refractivity contribution is 5.90. The van der Waals surface area contributed by atoms with E-state index in [1.54, 1.807) is 6.92 Å². The molecule has 2 aliphatic carbocycles. The molecule has 0 aromatic heterocycles. The van der Waals surface area contributed by atoms with Crippen LogP contribution in [0.5, 0.6) is 0 Å². The Labute approximate surface area is 137 Å². The van der Waals surface area contributed by atoms with E-state index in [0.29, 0.717) is 18.6 Å². The van der Waals surface area contributed by atoms with Crippen molar-refractivity contribution in [3.8, 4) is 11.8 Å². The second-order valence-corrected chi connectivity index (χ2v) is 7.25. The zero-order valence-corrected chi connectivity index (χ0v) is 13.7. The van der Waals surface area contributed by atoms with Crippen LogP contribution in [0, 0.1) is 35.5 Å². The molecular weight excluding hydrogens is 288 g/mol. The quantitative estimate of drug-likeness (QED) is 0.823. The van der Waals surface area contributed by atoms with Gasteiger partial charge in [-0.3, -0.25) is 4.79 Å². The lowest BCUT2D eigenvalue weighted by Crippen LogP contribution is -2.55. The number of aliphatic hydroxyl groups is 2. The van der Waals surface area contributed by atoms with Gasteiger partial charge in [-0.25, -0.2) is 0 Å². The Balaban J connectivity index is 1.75. The third-order valence-electron chi connectivity index (χ3n) is 5.36. The van der Waals surface area contributed by atoms with E-state index in [9.17, 15) is 15.0 Å². The van der Waals surface area contributed by atoms with Crippen LogP contribution in [-0.2, 0) is 11.2 Å². The van der Waals surface area contributed by atoms with E-state index in [1.807, 2.05) is 37.3 Å². The van der Waals surface area contributed by atoms with Gasteiger partial charge in [0.15, 0.2) is 0 Å². The summed E-state index contributed by atoms with van der Waals surface area (Å²) in [7, 11) is 0. The van der Waals surface area contributed by atoms with E-state index < -0.39 is 11.7 Å². The molecule has 0 spiro atoms. The molecule has 0 aliphatic heterocycles. The third kappa shape index (κ3) is 3.20. The number of Topliss-reactive ketones (excluding diaryl/α,β-unsaturated/α-hetero) is 1. The minimum absolute atomic E-state index is 0.0201. The molecule has 122 valence electrons. The van der Waals surface area contributed by atoms with Gasteiger partial charge < -0.3 is 10.2 Å². The lowest BCUT2D eigenvalue weighted by molar-refractivity contribution is -0.151. The Morgan fingerprint density at radius 3 is 2.65 bits per heavy atom. The molecule has 0 amide bonds. The zero-order chi connectivity index (χ0) is 16.6. The summed E-state index contributed by atoms with van der Waals surface area (Å²) in [5, 5.41) is 20.8. The van der Waals surface area contributed by atoms with E-state index in [1.165, 1.54) is 0 Å². The van der Waals surface area contributed by atoms with E-state index in [-0.39, 0.29) is 23.7 Å². The first kappa shape index (κ1) is 16.2. The number of fused-ring (bicyclic) bond motifs is 1. The molecule has 0 bridgehead atoms. The number of carbonyl (C=O) groups excluding carboxylic acids is 1. The molecule has 0 radical (unpaired) electrons. The Kier molecular flexibility index (Phi) is 4.31. The molecule has 6 atom stereocenters. The summed E-state index contributed by atoms with van der Waals surface area (Å²) < 4.78 is 0. The first-order chi connectivity index (χ1) is 10.9. The highest BCUT2D eigenvalue weighted by Crippen LogP contribution is 2.49. The molecular formula is C20H24O3. The molecule has 23 heavy (non-hydrogen) atoms. The van der Waals surface area contributed by atoms with Crippen molar-refractivity contribution < 1.29 is 15.0 Å². The average Bonchev–Trinajstić information content (AvgIpc) is 2.53. The maximum Gasteiger partial charge on any atom is 0.139 e. The van der Waals surface area contributed by atoms with Crippen molar-refractivity contribution in [1.82, 2.24) is 0 Å². The fourth-order valence-corrected chi connectivity index (χ4v) is 4.10. The smallest absolute Gasteiger partial charge is 0.139 e. The molecule has 1 unspecified atom stereocenters. The van der Waals surface area contributed by atoms with Crippen molar-refractivity contribution in [2.75, 3.05) is 0 Å². The van der Waals surface area contributed by atoms with Crippen LogP contribution in [0.4, 0.5) is 0 Å². The first-order valence-electron chi connectivity index (χ1n) is 8.40. The highest BCUT2D eigenvalue weighted by atomic mass is 16.3. The van der Waals surface area contributed by atoms with Gasteiger partial charge in [0, 0.05) is 18.3 Å². The average molecular weight is 312 g/mol. The predicted octanol–water partition coefficient (Wildman–Crippen LogP) is 2.21. The highest BCUT2D eigenvalue weighted by Gasteiger charge is 2.54. The topological polar surface area (TPSA) is 57.5 Å². The van der Waals surface area contributed by atoms with Gasteiger partial charge in [0.2, 0.25) is 0 Å². The summed E-state index contributed by atoms with van der Waals surface area (Å²) in [5.74, 6) is 6.37. The normalized spacial score (nSPS) is 35.3. The Morgan fingerprint density at radius 2 is 1.96 bits per heavy atom. The molecule has 1 aromatic rings. The van der Waals surface area contributed by atoms with Crippen molar-refractivity contribution in [2.24, 2.45) is 23.7 Å².